The van der Waals surface area contributed by atoms with Crippen molar-refractivity contribution in [2.24, 2.45) is 14.1 Å². The lowest BCUT2D eigenvalue weighted by Gasteiger charge is -2.32. The molecule has 7 nitrogen and oxygen atoms in total. The van der Waals surface area contributed by atoms with E-state index in [0.717, 1.165) is 35.4 Å². The maximum absolute atomic E-state index is 13.2. The Kier molecular flexibility index (Phi) is 5.28. The fourth-order valence-corrected chi connectivity index (χ4v) is 4.26. The Labute approximate surface area is 175 Å². The average molecular weight is 409 g/mol. The van der Waals surface area contributed by atoms with Crippen LogP contribution in [0.3, 0.4) is 0 Å². The molecule has 0 bridgehead atoms. The van der Waals surface area contributed by atoms with Gasteiger partial charge in [-0.25, -0.2) is 0 Å². The second-order valence-corrected chi connectivity index (χ2v) is 7.89. The summed E-state index contributed by atoms with van der Waals surface area (Å²) in [5, 5.41) is 0.501. The number of fused-ring (bicyclic) bond motifs is 1. The Morgan fingerprint density at radius 3 is 2.27 bits per heavy atom. The van der Waals surface area contributed by atoms with Crippen molar-refractivity contribution in [3.05, 3.63) is 58.1 Å². The van der Waals surface area contributed by atoms with Crippen molar-refractivity contribution < 1.29 is 14.3 Å². The van der Waals surface area contributed by atoms with Gasteiger partial charge in [0, 0.05) is 52.4 Å². The van der Waals surface area contributed by atoms with E-state index in [2.05, 4.69) is 0 Å². The van der Waals surface area contributed by atoms with Crippen LogP contribution in [0.2, 0.25) is 0 Å². The molecule has 30 heavy (non-hydrogen) atoms. The van der Waals surface area contributed by atoms with Crippen LogP contribution in [0, 0.1) is 6.92 Å². The molecule has 0 spiro atoms. The summed E-state index contributed by atoms with van der Waals surface area (Å²) in [4.78, 5) is 27.8. The lowest BCUT2D eigenvalue weighted by Crippen LogP contribution is -2.42. The lowest BCUT2D eigenvalue weighted by atomic mass is 10.1. The monoisotopic (exact) mass is 409 g/mol. The van der Waals surface area contributed by atoms with Crippen LogP contribution in [0.4, 0.5) is 0 Å². The molecule has 0 saturated carbocycles. The quantitative estimate of drug-likeness (QED) is 0.665. The van der Waals surface area contributed by atoms with E-state index in [1.807, 2.05) is 47.7 Å². The fraction of sp³-hybridized carbons (Fsp3) is 0.391. The molecule has 0 N–H and O–H groups in total. The Bertz CT molecular complexity index is 1140. The maximum Gasteiger partial charge on any atom is 0.260 e. The molecular formula is C23H27N3O4. The number of benzene rings is 1. The molecular weight excluding hydrogens is 382 g/mol. The van der Waals surface area contributed by atoms with Gasteiger partial charge < -0.3 is 23.5 Å². The van der Waals surface area contributed by atoms with Crippen LogP contribution in [-0.2, 0) is 14.1 Å². The number of methoxy groups -OCH3 is 1. The summed E-state index contributed by atoms with van der Waals surface area (Å²) in [5.41, 5.74) is 2.13. The number of amides is 1. The summed E-state index contributed by atoms with van der Waals surface area (Å²) in [6.07, 6.45) is 5.14. The predicted molar refractivity (Wildman–Crippen MR) is 115 cm³/mol. The van der Waals surface area contributed by atoms with Gasteiger partial charge in [0.2, 0.25) is 0 Å². The summed E-state index contributed by atoms with van der Waals surface area (Å²) in [5.74, 6) is 1.50. The summed E-state index contributed by atoms with van der Waals surface area (Å²) in [6.45, 7) is 3.16. The largest absolute Gasteiger partial charge is 0.497 e. The topological polar surface area (TPSA) is 65.7 Å². The molecule has 1 aromatic carbocycles. The molecule has 1 saturated heterocycles. The Balaban J connectivity index is 1.49. The van der Waals surface area contributed by atoms with Gasteiger partial charge in [-0.3, -0.25) is 9.59 Å². The highest BCUT2D eigenvalue weighted by Crippen LogP contribution is 2.25. The maximum atomic E-state index is 13.2. The third kappa shape index (κ3) is 3.56. The van der Waals surface area contributed by atoms with Gasteiger partial charge in [0.25, 0.3) is 11.5 Å². The van der Waals surface area contributed by atoms with Crippen molar-refractivity contribution in [3.8, 4) is 11.5 Å². The molecule has 0 radical (unpaired) electrons. The summed E-state index contributed by atoms with van der Waals surface area (Å²) in [7, 11) is 5.23. The highest BCUT2D eigenvalue weighted by molar-refractivity contribution is 6.07. The van der Waals surface area contributed by atoms with Crippen molar-refractivity contribution >= 4 is 16.8 Å². The van der Waals surface area contributed by atoms with Crippen LogP contribution in [0.15, 0.2) is 41.5 Å². The third-order valence-electron chi connectivity index (χ3n) is 5.80. The van der Waals surface area contributed by atoms with E-state index in [1.165, 1.54) is 0 Å². The van der Waals surface area contributed by atoms with Gasteiger partial charge in [0.05, 0.1) is 23.6 Å². The minimum atomic E-state index is -0.141. The molecule has 1 aliphatic rings. The summed E-state index contributed by atoms with van der Waals surface area (Å²) < 4.78 is 14.7. The van der Waals surface area contributed by atoms with Crippen LogP contribution in [0.5, 0.6) is 11.5 Å². The van der Waals surface area contributed by atoms with E-state index in [0.29, 0.717) is 24.0 Å². The van der Waals surface area contributed by atoms with E-state index >= 15 is 0 Å². The minimum absolute atomic E-state index is 0.0603. The van der Waals surface area contributed by atoms with E-state index in [-0.39, 0.29) is 17.6 Å². The molecule has 0 atom stereocenters. The smallest absolute Gasteiger partial charge is 0.260 e. The molecule has 3 aromatic rings. The van der Waals surface area contributed by atoms with E-state index < -0.39 is 0 Å². The standard InChI is InChI=1S/C23H27N3O4/c1-15-13-25(3)23(28)20-19(14-24(2)21(15)20)22(27)26-11-9-18(10-12-26)30-17-7-5-16(29-4)6-8-17/h5-8,13-14,18H,9-12H2,1-4H3. The van der Waals surface area contributed by atoms with Crippen molar-refractivity contribution in [1.82, 2.24) is 14.0 Å². The van der Waals surface area contributed by atoms with Gasteiger partial charge in [0.1, 0.15) is 17.6 Å². The van der Waals surface area contributed by atoms with E-state index in [1.54, 1.807) is 31.1 Å². The van der Waals surface area contributed by atoms with Gasteiger partial charge in [0.15, 0.2) is 0 Å². The third-order valence-corrected chi connectivity index (χ3v) is 5.80. The zero-order chi connectivity index (χ0) is 21.4. The number of ether oxygens (including phenoxy) is 2. The first-order valence-electron chi connectivity index (χ1n) is 10.1. The van der Waals surface area contributed by atoms with Crippen LogP contribution >= 0.6 is 0 Å². The Hall–Kier alpha value is -3.22. The predicted octanol–water partition coefficient (Wildman–Crippen LogP) is 2.88. The number of piperidine rings is 1. The summed E-state index contributed by atoms with van der Waals surface area (Å²) in [6, 6.07) is 7.53. The second kappa shape index (κ2) is 7.89. The number of pyridine rings is 1. The molecule has 1 fully saturated rings. The second-order valence-electron chi connectivity index (χ2n) is 7.89. The number of likely N-dealkylation sites (tertiary alicyclic amines) is 1. The molecule has 1 aliphatic heterocycles. The first kappa shape index (κ1) is 20.1. The van der Waals surface area contributed by atoms with Gasteiger partial charge in [-0.05, 0) is 36.8 Å². The zero-order valence-corrected chi connectivity index (χ0v) is 17.8. The number of aromatic nitrogens is 2. The SMILES string of the molecule is COc1ccc(OC2CCN(C(=O)c3cn(C)c4c(C)cn(C)c(=O)c34)CC2)cc1. The van der Waals surface area contributed by atoms with Crippen LogP contribution in [0.1, 0.15) is 28.8 Å². The van der Waals surface area contributed by atoms with Crippen LogP contribution < -0.4 is 15.0 Å². The first-order chi connectivity index (χ1) is 14.4. The van der Waals surface area contributed by atoms with Crippen molar-refractivity contribution in [2.45, 2.75) is 25.9 Å². The van der Waals surface area contributed by atoms with E-state index in [4.69, 9.17) is 9.47 Å². The van der Waals surface area contributed by atoms with Gasteiger partial charge in [-0.1, -0.05) is 0 Å². The number of hydrogen-bond donors (Lipinski definition) is 0. The number of carbonyl (C=O) groups excluding carboxylic acids is 1. The van der Waals surface area contributed by atoms with Crippen molar-refractivity contribution in [2.75, 3.05) is 20.2 Å². The fourth-order valence-electron chi connectivity index (χ4n) is 4.26. The first-order valence-corrected chi connectivity index (χ1v) is 10.1. The minimum Gasteiger partial charge on any atom is -0.497 e. The number of carbonyl (C=O) groups is 1. The molecule has 0 aliphatic carbocycles. The number of rotatable bonds is 4. The Morgan fingerprint density at radius 1 is 1.00 bits per heavy atom. The van der Waals surface area contributed by atoms with Crippen LogP contribution in [-0.4, -0.2) is 46.2 Å². The normalized spacial score (nSPS) is 14.9. The average Bonchev–Trinajstić information content (AvgIpc) is 3.10. The Morgan fingerprint density at radius 2 is 1.63 bits per heavy atom. The van der Waals surface area contributed by atoms with Crippen LogP contribution in [0.25, 0.3) is 10.9 Å². The number of nitrogens with zero attached hydrogens (tertiary/aromatic N) is 3. The highest BCUT2D eigenvalue weighted by atomic mass is 16.5. The van der Waals surface area contributed by atoms with E-state index in [9.17, 15) is 9.59 Å². The van der Waals surface area contributed by atoms with Crippen molar-refractivity contribution in [1.29, 1.82) is 0 Å². The molecule has 0 unspecified atom stereocenters. The summed E-state index contributed by atoms with van der Waals surface area (Å²) >= 11 is 0. The molecule has 2 aromatic heterocycles. The number of aryl methyl sites for hydroxylation is 3. The molecule has 3 heterocycles. The van der Waals surface area contributed by atoms with Crippen molar-refractivity contribution in [3.63, 3.8) is 0 Å². The molecule has 7 heteroatoms. The molecule has 4 rings (SSSR count). The molecule has 158 valence electrons. The number of hydrogen-bond acceptors (Lipinski definition) is 4. The van der Waals surface area contributed by atoms with Gasteiger partial charge in [-0.2, -0.15) is 0 Å². The zero-order valence-electron chi connectivity index (χ0n) is 17.8. The lowest BCUT2D eigenvalue weighted by molar-refractivity contribution is 0.0597. The highest BCUT2D eigenvalue weighted by Gasteiger charge is 2.28. The van der Waals surface area contributed by atoms with Gasteiger partial charge >= 0.3 is 0 Å². The molecule has 1 amide bonds. The van der Waals surface area contributed by atoms with Gasteiger partial charge in [-0.15, -0.1) is 0 Å².